The van der Waals surface area contributed by atoms with E-state index in [9.17, 15) is 4.79 Å². The van der Waals surface area contributed by atoms with E-state index in [0.29, 0.717) is 24.3 Å². The molecule has 4 nitrogen and oxygen atoms in total. The largest absolute Gasteiger partial charge is 0.493 e. The summed E-state index contributed by atoms with van der Waals surface area (Å²) in [6, 6.07) is 15.4. The zero-order chi connectivity index (χ0) is 16.9. The fourth-order valence-electron chi connectivity index (χ4n) is 2.84. The van der Waals surface area contributed by atoms with Crippen LogP contribution in [0.25, 0.3) is 10.8 Å². The van der Waals surface area contributed by atoms with Gasteiger partial charge in [-0.3, -0.25) is 4.79 Å². The van der Waals surface area contributed by atoms with Crippen molar-refractivity contribution in [1.82, 2.24) is 5.32 Å². The number of nitrogens with one attached hydrogen (secondary N) is 1. The van der Waals surface area contributed by atoms with Crippen molar-refractivity contribution in [2.45, 2.75) is 26.3 Å². The van der Waals surface area contributed by atoms with Crippen LogP contribution in [0.5, 0.6) is 5.75 Å². The van der Waals surface area contributed by atoms with Crippen LogP contribution < -0.4 is 10.1 Å². The molecule has 1 unspecified atom stereocenters. The van der Waals surface area contributed by atoms with Crippen molar-refractivity contribution < 1.29 is 13.9 Å². The molecule has 0 spiro atoms. The monoisotopic (exact) mass is 323 g/mol. The van der Waals surface area contributed by atoms with E-state index in [2.05, 4.69) is 5.32 Å². The van der Waals surface area contributed by atoms with E-state index >= 15 is 0 Å². The minimum atomic E-state index is -0.130. The molecule has 1 atom stereocenters. The molecule has 1 amide bonds. The molecule has 0 radical (unpaired) electrons. The average Bonchev–Trinajstić information content (AvgIpc) is 3.07. The quantitative estimate of drug-likeness (QED) is 0.740. The second-order valence-electron chi connectivity index (χ2n) is 5.75. The number of hydrogen-bond donors (Lipinski definition) is 1. The fourth-order valence-corrected chi connectivity index (χ4v) is 2.84. The van der Waals surface area contributed by atoms with Gasteiger partial charge in [0, 0.05) is 12.5 Å². The highest BCUT2D eigenvalue weighted by atomic mass is 16.5. The Morgan fingerprint density at radius 1 is 1.17 bits per heavy atom. The number of furan rings is 1. The van der Waals surface area contributed by atoms with Gasteiger partial charge in [0.25, 0.3) is 5.91 Å². The number of amides is 1. The Morgan fingerprint density at radius 3 is 2.75 bits per heavy atom. The highest BCUT2D eigenvalue weighted by Gasteiger charge is 2.18. The van der Waals surface area contributed by atoms with Gasteiger partial charge in [-0.2, -0.15) is 0 Å². The molecule has 3 rings (SSSR count). The molecule has 0 bridgehead atoms. The SMILES string of the molecule is CCOc1ccc2ccccc2c1C(=O)NC(C)Cc1ccco1. The predicted molar refractivity (Wildman–Crippen MR) is 94.5 cm³/mol. The van der Waals surface area contributed by atoms with Crippen LogP contribution in [0.4, 0.5) is 0 Å². The molecular weight excluding hydrogens is 302 g/mol. The van der Waals surface area contributed by atoms with Crippen LogP contribution >= 0.6 is 0 Å². The molecule has 0 aliphatic carbocycles. The van der Waals surface area contributed by atoms with Crippen LogP contribution in [0.2, 0.25) is 0 Å². The number of fused-ring (bicyclic) bond motifs is 1. The van der Waals surface area contributed by atoms with Crippen molar-refractivity contribution in [3.05, 3.63) is 66.1 Å². The predicted octanol–water partition coefficient (Wildman–Crippen LogP) is 4.19. The third-order valence-corrected chi connectivity index (χ3v) is 3.88. The zero-order valence-electron chi connectivity index (χ0n) is 13.9. The lowest BCUT2D eigenvalue weighted by atomic mass is 10.0. The molecule has 0 aliphatic heterocycles. The first kappa shape index (κ1) is 16.1. The van der Waals surface area contributed by atoms with E-state index in [1.54, 1.807) is 6.26 Å². The molecule has 24 heavy (non-hydrogen) atoms. The van der Waals surface area contributed by atoms with Gasteiger partial charge in [-0.05, 0) is 42.8 Å². The molecule has 2 aromatic carbocycles. The molecule has 1 aromatic heterocycles. The van der Waals surface area contributed by atoms with Crippen molar-refractivity contribution in [3.8, 4) is 5.75 Å². The van der Waals surface area contributed by atoms with Gasteiger partial charge in [-0.1, -0.05) is 30.3 Å². The topological polar surface area (TPSA) is 51.5 Å². The summed E-state index contributed by atoms with van der Waals surface area (Å²) in [6.07, 6.45) is 2.29. The lowest BCUT2D eigenvalue weighted by Crippen LogP contribution is -2.34. The van der Waals surface area contributed by atoms with Crippen molar-refractivity contribution in [2.24, 2.45) is 0 Å². The van der Waals surface area contributed by atoms with E-state index in [4.69, 9.17) is 9.15 Å². The first-order valence-electron chi connectivity index (χ1n) is 8.17. The number of rotatable bonds is 6. The molecule has 124 valence electrons. The van der Waals surface area contributed by atoms with Gasteiger partial charge >= 0.3 is 0 Å². The molecule has 1 N–H and O–H groups in total. The summed E-state index contributed by atoms with van der Waals surface area (Å²) < 4.78 is 11.0. The van der Waals surface area contributed by atoms with E-state index < -0.39 is 0 Å². The van der Waals surface area contributed by atoms with Crippen molar-refractivity contribution in [2.75, 3.05) is 6.61 Å². The highest BCUT2D eigenvalue weighted by Crippen LogP contribution is 2.28. The standard InChI is InChI=1S/C20H21NO3/c1-3-23-18-11-10-15-7-4-5-9-17(15)19(18)20(22)21-14(2)13-16-8-6-12-24-16/h4-12,14H,3,13H2,1-2H3,(H,21,22). The summed E-state index contributed by atoms with van der Waals surface area (Å²) >= 11 is 0. The van der Waals surface area contributed by atoms with Gasteiger partial charge in [-0.25, -0.2) is 0 Å². The Kier molecular flexibility index (Phi) is 4.85. The van der Waals surface area contributed by atoms with Gasteiger partial charge in [0.2, 0.25) is 0 Å². The molecule has 3 aromatic rings. The fraction of sp³-hybridized carbons (Fsp3) is 0.250. The number of benzene rings is 2. The summed E-state index contributed by atoms with van der Waals surface area (Å²) in [4.78, 5) is 12.9. The number of carbonyl (C=O) groups excluding carboxylic acids is 1. The Morgan fingerprint density at radius 2 is 2.00 bits per heavy atom. The lowest BCUT2D eigenvalue weighted by Gasteiger charge is -2.16. The minimum absolute atomic E-state index is 0.0444. The minimum Gasteiger partial charge on any atom is -0.493 e. The van der Waals surface area contributed by atoms with Crippen LogP contribution in [-0.4, -0.2) is 18.6 Å². The van der Waals surface area contributed by atoms with E-state index in [1.165, 1.54) is 0 Å². The normalized spacial score (nSPS) is 12.1. The third-order valence-electron chi connectivity index (χ3n) is 3.88. The van der Waals surface area contributed by atoms with Crippen LogP contribution in [-0.2, 0) is 6.42 Å². The van der Waals surface area contributed by atoms with Gasteiger partial charge in [0.1, 0.15) is 11.5 Å². The van der Waals surface area contributed by atoms with Gasteiger partial charge in [0.05, 0.1) is 18.4 Å². The van der Waals surface area contributed by atoms with Gasteiger partial charge < -0.3 is 14.5 Å². The van der Waals surface area contributed by atoms with E-state index in [-0.39, 0.29) is 11.9 Å². The van der Waals surface area contributed by atoms with Crippen molar-refractivity contribution >= 4 is 16.7 Å². The van der Waals surface area contributed by atoms with E-state index in [0.717, 1.165) is 16.5 Å². The van der Waals surface area contributed by atoms with Crippen LogP contribution in [0.15, 0.2) is 59.2 Å². The van der Waals surface area contributed by atoms with Crippen molar-refractivity contribution in [3.63, 3.8) is 0 Å². The molecule has 1 heterocycles. The third kappa shape index (κ3) is 3.43. The summed E-state index contributed by atoms with van der Waals surface area (Å²) in [7, 11) is 0. The number of hydrogen-bond acceptors (Lipinski definition) is 3. The van der Waals surface area contributed by atoms with Crippen LogP contribution in [0.3, 0.4) is 0 Å². The second-order valence-corrected chi connectivity index (χ2v) is 5.75. The Balaban J connectivity index is 1.88. The second kappa shape index (κ2) is 7.21. The first-order chi connectivity index (χ1) is 11.7. The Hall–Kier alpha value is -2.75. The average molecular weight is 323 g/mol. The summed E-state index contributed by atoms with van der Waals surface area (Å²) in [5.74, 6) is 1.33. The molecule has 4 heteroatoms. The molecule has 0 aliphatic rings. The molecule has 0 saturated heterocycles. The maximum atomic E-state index is 12.9. The maximum Gasteiger partial charge on any atom is 0.255 e. The number of ether oxygens (including phenoxy) is 1. The summed E-state index contributed by atoms with van der Waals surface area (Å²) in [5, 5.41) is 4.96. The van der Waals surface area contributed by atoms with E-state index in [1.807, 2.05) is 62.4 Å². The zero-order valence-corrected chi connectivity index (χ0v) is 13.9. The first-order valence-corrected chi connectivity index (χ1v) is 8.17. The van der Waals surface area contributed by atoms with Crippen LogP contribution in [0, 0.1) is 0 Å². The smallest absolute Gasteiger partial charge is 0.255 e. The van der Waals surface area contributed by atoms with Crippen LogP contribution in [0.1, 0.15) is 30.0 Å². The Bertz CT molecular complexity index is 824. The van der Waals surface area contributed by atoms with Crippen molar-refractivity contribution in [1.29, 1.82) is 0 Å². The molecule has 0 saturated carbocycles. The van der Waals surface area contributed by atoms with Gasteiger partial charge in [-0.15, -0.1) is 0 Å². The summed E-state index contributed by atoms with van der Waals surface area (Å²) in [5.41, 5.74) is 0.584. The summed E-state index contributed by atoms with van der Waals surface area (Å²) in [6.45, 7) is 4.39. The maximum absolute atomic E-state index is 12.9. The molecule has 0 fully saturated rings. The lowest BCUT2D eigenvalue weighted by molar-refractivity contribution is 0.0937. The highest BCUT2D eigenvalue weighted by molar-refractivity contribution is 6.09. The Labute approximate surface area is 141 Å². The van der Waals surface area contributed by atoms with Gasteiger partial charge in [0.15, 0.2) is 0 Å². The molecular formula is C20H21NO3. The number of carbonyl (C=O) groups is 1.